The normalized spacial score (nSPS) is 23.6. The molecule has 0 spiro atoms. The minimum atomic E-state index is 0.190. The van der Waals surface area contributed by atoms with Crippen molar-refractivity contribution in [2.75, 3.05) is 46.9 Å². The highest BCUT2D eigenvalue weighted by atomic mass is 16.7. The molecule has 1 aromatic carbocycles. The maximum absolute atomic E-state index is 5.96. The maximum Gasteiger partial charge on any atom is 0.383 e. The third-order valence-corrected chi connectivity index (χ3v) is 6.93. The third-order valence-electron chi connectivity index (χ3n) is 6.93. The average molecular weight is 441 g/mol. The molecule has 6 nitrogen and oxygen atoms in total. The van der Waals surface area contributed by atoms with Crippen LogP contribution in [0.25, 0.3) is 10.9 Å². The van der Waals surface area contributed by atoms with E-state index in [-0.39, 0.29) is 6.04 Å². The van der Waals surface area contributed by atoms with Gasteiger partial charge in [-0.1, -0.05) is 19.1 Å². The Hall–Kier alpha value is -2.05. The number of ether oxygens (including phenoxy) is 2. The number of H-pyrrole nitrogens is 1. The van der Waals surface area contributed by atoms with E-state index in [0.29, 0.717) is 31.3 Å². The molecule has 0 saturated carbocycles. The van der Waals surface area contributed by atoms with Crippen LogP contribution in [0.2, 0.25) is 0 Å². The zero-order valence-corrected chi connectivity index (χ0v) is 20.5. The van der Waals surface area contributed by atoms with E-state index < -0.39 is 0 Å². The second-order valence-corrected chi connectivity index (χ2v) is 9.59. The number of likely N-dealkylation sites (tertiary alicyclic amines) is 1. The highest BCUT2D eigenvalue weighted by Gasteiger charge is 2.41. The van der Waals surface area contributed by atoms with Gasteiger partial charge in [0, 0.05) is 41.6 Å². The molecule has 1 fully saturated rings. The highest BCUT2D eigenvalue weighted by Crippen LogP contribution is 2.45. The number of piperidine rings is 1. The molecule has 1 unspecified atom stereocenters. The summed E-state index contributed by atoms with van der Waals surface area (Å²) in [4.78, 5) is 13.5. The molecule has 1 aromatic heterocycles. The number of nitrogens with one attached hydrogen (secondary N) is 1. The Bertz CT molecular complexity index is 935. The molecule has 2 heterocycles. The zero-order valence-electron chi connectivity index (χ0n) is 20.5. The molecule has 1 saturated heterocycles. The van der Waals surface area contributed by atoms with Crippen LogP contribution in [0.3, 0.4) is 0 Å². The monoisotopic (exact) mass is 440 g/mol. The molecular weight excluding hydrogens is 400 g/mol. The van der Waals surface area contributed by atoms with E-state index in [1.165, 1.54) is 27.7 Å². The molecule has 4 rings (SSSR count). The van der Waals surface area contributed by atoms with Crippen molar-refractivity contribution in [2.24, 2.45) is 4.99 Å². The van der Waals surface area contributed by atoms with Crippen LogP contribution in [0.5, 0.6) is 0 Å². The van der Waals surface area contributed by atoms with Gasteiger partial charge in [-0.3, -0.25) is 4.90 Å². The number of benzene rings is 1. The molecule has 1 aliphatic heterocycles. The molecule has 2 aliphatic rings. The van der Waals surface area contributed by atoms with Crippen LogP contribution in [-0.2, 0) is 15.9 Å². The summed E-state index contributed by atoms with van der Waals surface area (Å²) in [5, 5.41) is 1.46. The summed E-state index contributed by atoms with van der Waals surface area (Å²) in [5.41, 5.74) is 5.61. The van der Waals surface area contributed by atoms with Crippen LogP contribution in [0, 0.1) is 6.92 Å². The standard InChI is InChI=1S/C26H40N4O2/c1-6-12-30-17-19(28-26(31-7-2)32-14-9-13-29(4)5)15-22-20-10-8-11-23-25(20)21(16-24(22)30)18(3)27-23/h8,10-11,19,22,24,27H,6-7,9,12-17H2,1-5H3/t19-,22?,24+/m0/s1. The van der Waals surface area contributed by atoms with Crippen LogP contribution >= 0.6 is 0 Å². The van der Waals surface area contributed by atoms with Crippen molar-refractivity contribution in [1.29, 1.82) is 0 Å². The van der Waals surface area contributed by atoms with Crippen molar-refractivity contribution in [2.45, 2.75) is 64.5 Å². The van der Waals surface area contributed by atoms with Gasteiger partial charge in [-0.25, -0.2) is 4.99 Å². The average Bonchev–Trinajstić information content (AvgIpc) is 3.08. The lowest BCUT2D eigenvalue weighted by atomic mass is 9.73. The quantitative estimate of drug-likeness (QED) is 0.377. The highest BCUT2D eigenvalue weighted by molar-refractivity contribution is 5.89. The van der Waals surface area contributed by atoms with E-state index in [9.17, 15) is 0 Å². The van der Waals surface area contributed by atoms with Gasteiger partial charge in [-0.15, -0.1) is 0 Å². The molecular formula is C26H40N4O2. The summed E-state index contributed by atoms with van der Waals surface area (Å²) in [6, 6.07) is 7.50. The second-order valence-electron chi connectivity index (χ2n) is 9.59. The molecule has 0 amide bonds. The van der Waals surface area contributed by atoms with E-state index in [1.54, 1.807) is 0 Å². The molecule has 176 valence electrons. The van der Waals surface area contributed by atoms with Crippen LogP contribution in [0.4, 0.5) is 0 Å². The fourth-order valence-electron chi connectivity index (χ4n) is 5.61. The van der Waals surface area contributed by atoms with Gasteiger partial charge in [0.05, 0.1) is 19.3 Å². The van der Waals surface area contributed by atoms with Crippen molar-refractivity contribution in [3.05, 3.63) is 35.0 Å². The predicted molar refractivity (Wildman–Crippen MR) is 132 cm³/mol. The summed E-state index contributed by atoms with van der Waals surface area (Å²) in [6.45, 7) is 10.8. The number of nitrogens with zero attached hydrogens (tertiary/aromatic N) is 3. The van der Waals surface area contributed by atoms with Gasteiger partial charge in [0.1, 0.15) is 0 Å². The second kappa shape index (κ2) is 10.3. The molecule has 2 aromatic rings. The number of aromatic amines is 1. The van der Waals surface area contributed by atoms with Gasteiger partial charge < -0.3 is 19.4 Å². The SMILES string of the molecule is CCCN1C[C@@H](N=C(OCC)OCCCN(C)C)CC2c3cccc4[nH]c(C)c(c34)C[C@H]21. The van der Waals surface area contributed by atoms with E-state index >= 15 is 0 Å². The maximum atomic E-state index is 5.96. The number of hydrogen-bond acceptors (Lipinski definition) is 5. The fraction of sp³-hybridized carbons (Fsp3) is 0.654. The van der Waals surface area contributed by atoms with Gasteiger partial charge in [-0.05, 0) is 77.4 Å². The predicted octanol–water partition coefficient (Wildman–Crippen LogP) is 4.33. The van der Waals surface area contributed by atoms with E-state index in [1.807, 2.05) is 6.92 Å². The first-order valence-electron chi connectivity index (χ1n) is 12.3. The Kier molecular flexibility index (Phi) is 7.41. The van der Waals surface area contributed by atoms with E-state index in [4.69, 9.17) is 14.5 Å². The van der Waals surface area contributed by atoms with Gasteiger partial charge >= 0.3 is 6.08 Å². The smallest absolute Gasteiger partial charge is 0.383 e. The van der Waals surface area contributed by atoms with E-state index in [0.717, 1.165) is 45.3 Å². The summed E-state index contributed by atoms with van der Waals surface area (Å²) >= 11 is 0. The number of aryl methyl sites for hydroxylation is 1. The first kappa shape index (κ1) is 23.1. The molecule has 0 bridgehead atoms. The summed E-state index contributed by atoms with van der Waals surface area (Å²) in [7, 11) is 4.17. The van der Waals surface area contributed by atoms with Crippen LogP contribution < -0.4 is 0 Å². The molecule has 32 heavy (non-hydrogen) atoms. The van der Waals surface area contributed by atoms with Crippen molar-refractivity contribution in [3.63, 3.8) is 0 Å². The molecule has 6 heteroatoms. The van der Waals surface area contributed by atoms with E-state index in [2.05, 4.69) is 60.9 Å². The van der Waals surface area contributed by atoms with Gasteiger partial charge in [0.25, 0.3) is 0 Å². The van der Waals surface area contributed by atoms with Crippen LogP contribution in [0.15, 0.2) is 23.2 Å². The minimum absolute atomic E-state index is 0.190. The Morgan fingerprint density at radius 1 is 1.25 bits per heavy atom. The van der Waals surface area contributed by atoms with Crippen molar-refractivity contribution in [3.8, 4) is 0 Å². The zero-order chi connectivity index (χ0) is 22.7. The summed E-state index contributed by atoms with van der Waals surface area (Å²) in [6.07, 6.45) is 4.77. The van der Waals surface area contributed by atoms with Crippen molar-refractivity contribution in [1.82, 2.24) is 14.8 Å². The van der Waals surface area contributed by atoms with Crippen LogP contribution in [0.1, 0.15) is 55.8 Å². The third kappa shape index (κ3) is 4.81. The van der Waals surface area contributed by atoms with Gasteiger partial charge in [0.2, 0.25) is 0 Å². The Morgan fingerprint density at radius 3 is 2.84 bits per heavy atom. The number of aromatic nitrogens is 1. The van der Waals surface area contributed by atoms with Gasteiger partial charge in [-0.2, -0.15) is 0 Å². The molecule has 1 N–H and O–H groups in total. The lowest BCUT2D eigenvalue weighted by Crippen LogP contribution is -2.51. The number of rotatable bonds is 8. The Morgan fingerprint density at radius 2 is 2.09 bits per heavy atom. The number of fused-ring (bicyclic) bond motifs is 2. The minimum Gasteiger partial charge on any atom is -0.451 e. The first-order chi connectivity index (χ1) is 15.5. The molecule has 3 atom stereocenters. The largest absolute Gasteiger partial charge is 0.451 e. The molecule has 0 radical (unpaired) electrons. The lowest BCUT2D eigenvalue weighted by Gasteiger charge is -2.46. The number of hydrogen-bond donors (Lipinski definition) is 1. The Balaban J connectivity index is 1.58. The lowest BCUT2D eigenvalue weighted by molar-refractivity contribution is 0.105. The van der Waals surface area contributed by atoms with Gasteiger partial charge in [0.15, 0.2) is 0 Å². The fourth-order valence-corrected chi connectivity index (χ4v) is 5.61. The molecule has 1 aliphatic carbocycles. The van der Waals surface area contributed by atoms with Crippen molar-refractivity contribution < 1.29 is 9.47 Å². The Labute approximate surface area is 193 Å². The number of aliphatic imine (C=N–C) groups is 1. The van der Waals surface area contributed by atoms with Crippen molar-refractivity contribution >= 4 is 17.0 Å². The summed E-state index contributed by atoms with van der Waals surface area (Å²) in [5.74, 6) is 0.493. The summed E-state index contributed by atoms with van der Waals surface area (Å²) < 4.78 is 11.8. The van der Waals surface area contributed by atoms with Crippen LogP contribution in [-0.4, -0.2) is 79.9 Å². The first-order valence-corrected chi connectivity index (χ1v) is 12.3. The topological polar surface area (TPSA) is 53.1 Å².